The summed E-state index contributed by atoms with van der Waals surface area (Å²) in [6.45, 7) is 0. The zero-order valence-corrected chi connectivity index (χ0v) is 13.4. The first-order valence-electron chi connectivity index (χ1n) is 9.33. The lowest BCUT2D eigenvalue weighted by molar-refractivity contribution is -0.124. The zero-order valence-electron chi connectivity index (χ0n) is 13.4. The molecule has 6 fully saturated rings. The molecule has 7 rings (SSSR count). The van der Waals surface area contributed by atoms with Crippen molar-refractivity contribution in [1.29, 1.82) is 0 Å². The van der Waals surface area contributed by atoms with Crippen LogP contribution >= 0.6 is 0 Å². The fraction of sp³-hybridized carbons (Fsp3) is 0.600. The van der Waals surface area contributed by atoms with Gasteiger partial charge in [0.1, 0.15) is 11.2 Å². The molecule has 0 aromatic heterocycles. The normalized spacial score (nSPS) is 55.1. The van der Waals surface area contributed by atoms with Gasteiger partial charge in [0.15, 0.2) is 0 Å². The van der Waals surface area contributed by atoms with E-state index in [1.165, 1.54) is 24.2 Å². The van der Waals surface area contributed by atoms with E-state index in [4.69, 9.17) is 4.74 Å². The molecule has 2 amide bonds. The van der Waals surface area contributed by atoms with Crippen LogP contribution < -0.4 is 4.90 Å². The third kappa shape index (κ3) is 0.972. The third-order valence-electron chi connectivity index (χ3n) is 8.44. The summed E-state index contributed by atoms with van der Waals surface area (Å²) in [6, 6.07) is 9.45. The number of amides is 2. The second kappa shape index (κ2) is 3.48. The minimum Gasteiger partial charge on any atom is -0.361 e. The fourth-order valence-corrected chi connectivity index (χ4v) is 8.00. The Kier molecular flexibility index (Phi) is 1.83. The topological polar surface area (TPSA) is 49.9 Å². The summed E-state index contributed by atoms with van der Waals surface area (Å²) < 4.78 is 6.49. The third-order valence-corrected chi connectivity index (χ3v) is 8.44. The molecule has 4 aliphatic carbocycles. The number of rotatable bonds is 1. The lowest BCUT2D eigenvalue weighted by atomic mass is 9.64. The van der Waals surface area contributed by atoms with Gasteiger partial charge in [-0.3, -0.25) is 14.5 Å². The van der Waals surface area contributed by atoms with E-state index in [9.17, 15) is 9.59 Å². The second-order valence-corrected chi connectivity index (χ2v) is 8.74. The predicted molar refractivity (Wildman–Crippen MR) is 84.9 cm³/mol. The molecule has 4 heteroatoms. The highest BCUT2D eigenvalue weighted by Crippen LogP contribution is 2.86. The van der Waals surface area contributed by atoms with E-state index < -0.39 is 0 Å². The van der Waals surface area contributed by atoms with E-state index in [1.54, 1.807) is 0 Å². The molecule has 4 bridgehead atoms. The average molecular weight is 321 g/mol. The van der Waals surface area contributed by atoms with Crippen molar-refractivity contribution in [1.82, 2.24) is 0 Å². The van der Waals surface area contributed by atoms with Crippen molar-refractivity contribution in [2.24, 2.45) is 35.5 Å². The Bertz CT molecular complexity index is 775. The van der Waals surface area contributed by atoms with E-state index in [2.05, 4.69) is 0 Å². The van der Waals surface area contributed by atoms with E-state index in [-0.39, 0.29) is 46.7 Å². The maximum atomic E-state index is 13.2. The summed E-state index contributed by atoms with van der Waals surface area (Å²) in [5.41, 5.74) is 0.688. The van der Waals surface area contributed by atoms with Crippen molar-refractivity contribution in [2.75, 3.05) is 4.90 Å². The number of hydrogen-bond acceptors (Lipinski definition) is 3. The molecule has 2 heterocycles. The first-order chi connectivity index (χ1) is 11.7. The van der Waals surface area contributed by atoms with Gasteiger partial charge in [-0.2, -0.15) is 0 Å². The van der Waals surface area contributed by atoms with Crippen LogP contribution in [0.5, 0.6) is 0 Å². The molecular formula is C20H19NO3. The number of benzene rings is 1. The van der Waals surface area contributed by atoms with Gasteiger partial charge in [-0.15, -0.1) is 0 Å². The Balaban J connectivity index is 1.36. The Hall–Kier alpha value is -1.68. The molecule has 0 unspecified atom stereocenters. The molecular weight excluding hydrogens is 302 g/mol. The molecule has 122 valence electrons. The number of anilines is 1. The molecule has 8 atom stereocenters. The van der Waals surface area contributed by atoms with E-state index in [0.29, 0.717) is 11.8 Å². The van der Waals surface area contributed by atoms with Crippen molar-refractivity contribution >= 4 is 17.5 Å². The largest absolute Gasteiger partial charge is 0.361 e. The van der Waals surface area contributed by atoms with E-state index in [1.807, 2.05) is 30.3 Å². The molecule has 1 aromatic carbocycles. The standard InChI is InChI=1S/C20H19NO3/c22-17-15-13-9-14(20-11-7-6-10(8-11)19(13,20)24-20)16(15)18(23)21(17)12-4-2-1-3-5-12/h1-5,10-11,13-16H,6-9H2/t10-,11-,13+,14+,15-,16+,19+,20-/m0/s1. The second-order valence-electron chi connectivity index (χ2n) is 8.74. The SMILES string of the molecule is O=C1[C@@H]2[C@H](C(=O)N1c1ccccc1)[C@H]1C[C@H]2[C@@]23O[C@@]12[C@H]1CC[C@H]3C1. The van der Waals surface area contributed by atoms with Crippen LogP contribution in [0.15, 0.2) is 30.3 Å². The number of imide groups is 1. The van der Waals surface area contributed by atoms with Gasteiger partial charge >= 0.3 is 0 Å². The molecule has 24 heavy (non-hydrogen) atoms. The Labute approximate surface area is 140 Å². The van der Waals surface area contributed by atoms with Crippen LogP contribution in [0.4, 0.5) is 5.69 Å². The maximum absolute atomic E-state index is 13.2. The summed E-state index contributed by atoms with van der Waals surface area (Å²) in [5.74, 6) is 1.67. The highest BCUT2D eigenvalue weighted by atomic mass is 16.6. The summed E-state index contributed by atoms with van der Waals surface area (Å²) in [6.07, 6.45) is 4.84. The minimum absolute atomic E-state index is 0.0234. The van der Waals surface area contributed by atoms with Crippen LogP contribution in [0.1, 0.15) is 25.7 Å². The first-order valence-corrected chi connectivity index (χ1v) is 9.33. The highest BCUT2D eigenvalue weighted by Gasteiger charge is 2.95. The maximum Gasteiger partial charge on any atom is 0.238 e. The summed E-state index contributed by atoms with van der Waals surface area (Å²) in [4.78, 5) is 27.9. The summed E-state index contributed by atoms with van der Waals surface area (Å²) in [7, 11) is 0. The van der Waals surface area contributed by atoms with Gasteiger partial charge in [0, 0.05) is 11.8 Å². The number of hydrogen-bond donors (Lipinski definition) is 0. The molecule has 4 saturated carbocycles. The van der Waals surface area contributed by atoms with Gasteiger partial charge in [0.25, 0.3) is 0 Å². The zero-order chi connectivity index (χ0) is 15.8. The molecule has 2 aliphatic heterocycles. The van der Waals surface area contributed by atoms with E-state index >= 15 is 0 Å². The molecule has 4 nitrogen and oxygen atoms in total. The number of nitrogens with zero attached hydrogens (tertiary/aromatic N) is 1. The van der Waals surface area contributed by atoms with Gasteiger partial charge in [-0.25, -0.2) is 0 Å². The smallest absolute Gasteiger partial charge is 0.238 e. The Morgan fingerprint density at radius 1 is 0.875 bits per heavy atom. The van der Waals surface area contributed by atoms with Crippen LogP contribution in [0.25, 0.3) is 0 Å². The van der Waals surface area contributed by atoms with E-state index in [0.717, 1.165) is 12.1 Å². The monoisotopic (exact) mass is 321 g/mol. The van der Waals surface area contributed by atoms with Crippen LogP contribution in [0.3, 0.4) is 0 Å². The number of fused-ring (bicyclic) bond motifs is 7. The van der Waals surface area contributed by atoms with Gasteiger partial charge in [0.05, 0.1) is 17.5 Å². The van der Waals surface area contributed by atoms with Crippen molar-refractivity contribution in [3.63, 3.8) is 0 Å². The van der Waals surface area contributed by atoms with Crippen molar-refractivity contribution in [3.05, 3.63) is 30.3 Å². The Morgan fingerprint density at radius 3 is 2.04 bits per heavy atom. The minimum atomic E-state index is -0.127. The molecule has 0 radical (unpaired) electrons. The fourth-order valence-electron chi connectivity index (χ4n) is 8.00. The van der Waals surface area contributed by atoms with Crippen molar-refractivity contribution < 1.29 is 14.3 Å². The average Bonchev–Trinajstić information content (AvgIpc) is 3.05. The lowest BCUT2D eigenvalue weighted by Crippen LogP contribution is -2.46. The van der Waals surface area contributed by atoms with Crippen LogP contribution in [0, 0.1) is 35.5 Å². The van der Waals surface area contributed by atoms with Gasteiger partial charge in [-0.05, 0) is 49.7 Å². The highest BCUT2D eigenvalue weighted by molar-refractivity contribution is 6.22. The number of carbonyl (C=O) groups excluding carboxylic acids is 2. The van der Waals surface area contributed by atoms with Gasteiger partial charge in [0.2, 0.25) is 11.8 Å². The van der Waals surface area contributed by atoms with Crippen LogP contribution in [0.2, 0.25) is 0 Å². The van der Waals surface area contributed by atoms with Gasteiger partial charge in [-0.1, -0.05) is 18.2 Å². The summed E-state index contributed by atoms with van der Waals surface area (Å²) in [5, 5.41) is 0. The Morgan fingerprint density at radius 2 is 1.46 bits per heavy atom. The van der Waals surface area contributed by atoms with Crippen molar-refractivity contribution in [2.45, 2.75) is 36.9 Å². The number of epoxide rings is 1. The van der Waals surface area contributed by atoms with Crippen LogP contribution in [-0.2, 0) is 14.3 Å². The summed E-state index contributed by atoms with van der Waals surface area (Å²) >= 11 is 0. The predicted octanol–water partition coefficient (Wildman–Crippen LogP) is 2.38. The number of carbonyl (C=O) groups is 2. The number of para-hydroxylation sites is 1. The van der Waals surface area contributed by atoms with Crippen molar-refractivity contribution in [3.8, 4) is 0 Å². The molecule has 2 saturated heterocycles. The molecule has 0 spiro atoms. The molecule has 0 N–H and O–H groups in total. The number of ether oxygens (including phenoxy) is 1. The molecule has 1 aromatic rings. The lowest BCUT2D eigenvalue weighted by Gasteiger charge is -2.33. The quantitative estimate of drug-likeness (QED) is 0.589. The first kappa shape index (κ1) is 12.6. The molecule has 6 aliphatic rings. The van der Waals surface area contributed by atoms with Gasteiger partial charge < -0.3 is 4.74 Å². The van der Waals surface area contributed by atoms with Crippen LogP contribution in [-0.4, -0.2) is 23.0 Å².